The molecule has 8 aliphatic heterocycles. The summed E-state index contributed by atoms with van der Waals surface area (Å²) in [4.78, 5) is 19.8. The Hall–Kier alpha value is -3.04. The second-order valence-electron chi connectivity index (χ2n) is 53.2. The monoisotopic (exact) mass is 1630 g/mol. The predicted molar refractivity (Wildman–Crippen MR) is 534 cm³/mol. The van der Waals surface area contributed by atoms with Gasteiger partial charge in [0, 0.05) is 103 Å². The number of piperidine rings is 2. The summed E-state index contributed by atoms with van der Waals surface area (Å²) in [6.45, 7) is 132. The van der Waals surface area contributed by atoms with Gasteiger partial charge in [-0.3, -0.25) is 19.6 Å². The van der Waals surface area contributed by atoms with Crippen molar-refractivity contribution in [2.24, 2.45) is 55.2 Å². The van der Waals surface area contributed by atoms with Crippen LogP contribution < -0.4 is 0 Å². The highest BCUT2D eigenvalue weighted by Gasteiger charge is 2.34. The highest BCUT2D eigenvalue weighted by atomic mass is 15.2. The minimum Gasteiger partial charge on any atom is -0.373 e. The van der Waals surface area contributed by atoms with Crippen LogP contribution in [0.3, 0.4) is 0 Å². The minimum absolute atomic E-state index is 0.233. The van der Waals surface area contributed by atoms with Gasteiger partial charge in [0.2, 0.25) is 0 Å². The van der Waals surface area contributed by atoms with E-state index in [9.17, 15) is 0 Å². The number of likely N-dealkylation sites (tertiary alicyclic amines) is 2. The molecule has 0 aromatic heterocycles. The second kappa shape index (κ2) is 50.7. The molecule has 2 saturated heterocycles. The average Bonchev–Trinajstić information content (AvgIpc) is 0.836. The molecule has 0 spiro atoms. The topological polar surface area (TPSA) is 25.9 Å². The van der Waals surface area contributed by atoms with Gasteiger partial charge in [-0.05, 0) is 342 Å². The summed E-state index contributed by atoms with van der Waals surface area (Å²) in [5, 5.41) is 0. The summed E-state index contributed by atoms with van der Waals surface area (Å²) in [6, 6.07) is 0. The van der Waals surface area contributed by atoms with E-state index in [1.165, 1.54) is 122 Å². The fraction of sp³-hybridized carbons (Fsp3) is 0.852. The van der Waals surface area contributed by atoms with Crippen LogP contribution in [0.15, 0.2) is 96.7 Å². The van der Waals surface area contributed by atoms with Gasteiger partial charge >= 0.3 is 0 Å². The molecule has 1 unspecified atom stereocenters. The number of rotatable bonds is 0. The molecular formula is C108H216N8. The SMILES string of the molecule is CC(C)(C)C.CC(C)(C)C.CC(C)(C)C.CC(C)(C)C.CC(C)(C)C1=CCN(C(C)(C)C)C=C1.CC(C)(C)C1=CCN(C(C)(C)C)CC1.CC(C)(C)C1C=CN(C(C)(C)C)CC1.CC(C)(C)C1CCN(C(C)(C)C)CC1.CC(C)(C)N1C=CC=CC1.CC(C)(C)N1C=CCCC1.CC(C)(C)N1CC=CCC1.CC(C)(C)N1CCCCC1. The first-order valence-electron chi connectivity index (χ1n) is 46.8. The minimum atomic E-state index is 0.233. The third kappa shape index (κ3) is 67.5. The second-order valence-corrected chi connectivity index (χ2v) is 53.2. The Morgan fingerprint density at radius 2 is 0.655 bits per heavy atom. The van der Waals surface area contributed by atoms with Crippen molar-refractivity contribution in [1.29, 1.82) is 0 Å². The van der Waals surface area contributed by atoms with Crippen LogP contribution in [0.2, 0.25) is 0 Å². The van der Waals surface area contributed by atoms with E-state index in [1.807, 2.05) is 0 Å². The molecule has 8 nitrogen and oxygen atoms in total. The molecule has 0 aromatic carbocycles. The van der Waals surface area contributed by atoms with Gasteiger partial charge in [-0.15, -0.1) is 0 Å². The lowest BCUT2D eigenvalue weighted by Gasteiger charge is -2.44. The Balaban J connectivity index is -0.000000599. The smallest absolute Gasteiger partial charge is 0.0365 e. The number of hydrogen-bond acceptors (Lipinski definition) is 8. The predicted octanol–water partition coefficient (Wildman–Crippen LogP) is 31.4. The summed E-state index contributed by atoms with van der Waals surface area (Å²) < 4.78 is 0. The van der Waals surface area contributed by atoms with Crippen LogP contribution >= 0.6 is 0 Å². The van der Waals surface area contributed by atoms with Crippen LogP contribution in [0.25, 0.3) is 0 Å². The molecule has 116 heavy (non-hydrogen) atoms. The Labute approximate surface area is 733 Å². The van der Waals surface area contributed by atoms with E-state index in [0.29, 0.717) is 65.6 Å². The molecule has 0 saturated carbocycles. The van der Waals surface area contributed by atoms with Crippen molar-refractivity contribution < 1.29 is 0 Å². The summed E-state index contributed by atoms with van der Waals surface area (Å²) >= 11 is 0. The molecule has 1 atom stereocenters. The molecule has 0 aromatic rings. The first-order valence-corrected chi connectivity index (χ1v) is 46.8. The summed E-state index contributed by atoms with van der Waals surface area (Å²) in [7, 11) is 0. The fourth-order valence-electron chi connectivity index (χ4n) is 12.9. The zero-order valence-corrected chi connectivity index (χ0v) is 89.4. The van der Waals surface area contributed by atoms with Crippen molar-refractivity contribution in [1.82, 2.24) is 39.2 Å². The molecule has 0 amide bonds. The summed E-state index contributed by atoms with van der Waals surface area (Å²) in [5.74, 6) is 1.65. The zero-order chi connectivity index (χ0) is 92.4. The molecule has 0 bridgehead atoms. The van der Waals surface area contributed by atoms with E-state index in [0.717, 1.165) is 38.0 Å². The van der Waals surface area contributed by atoms with E-state index in [-0.39, 0.29) is 22.0 Å². The van der Waals surface area contributed by atoms with E-state index in [4.69, 9.17) is 0 Å². The molecule has 8 heteroatoms. The third-order valence-corrected chi connectivity index (χ3v) is 20.5. The molecule has 0 radical (unpaired) electrons. The van der Waals surface area contributed by atoms with Gasteiger partial charge in [-0.1, -0.05) is 254 Å². The Morgan fingerprint density at radius 1 is 0.259 bits per heavy atom. The maximum absolute atomic E-state index is 2.62. The van der Waals surface area contributed by atoms with Gasteiger partial charge in [0.15, 0.2) is 0 Å². The average molecular weight is 1630 g/mol. The molecule has 688 valence electrons. The van der Waals surface area contributed by atoms with Crippen molar-refractivity contribution in [3.05, 3.63) is 96.7 Å². The first kappa shape index (κ1) is 119. The first-order chi connectivity index (χ1) is 51.3. The van der Waals surface area contributed by atoms with Crippen LogP contribution in [0, 0.1) is 55.2 Å². The Morgan fingerprint density at radius 3 is 0.897 bits per heavy atom. The quantitative estimate of drug-likeness (QED) is 0.221. The van der Waals surface area contributed by atoms with E-state index in [1.54, 1.807) is 5.57 Å². The van der Waals surface area contributed by atoms with Crippen molar-refractivity contribution in [3.8, 4) is 0 Å². The number of nitrogens with zero attached hydrogens (tertiary/aromatic N) is 8. The maximum atomic E-state index is 2.62. The Bertz CT molecular complexity index is 2640. The van der Waals surface area contributed by atoms with Crippen molar-refractivity contribution in [3.63, 3.8) is 0 Å². The number of allylic oxidation sites excluding steroid dienone is 6. The molecule has 8 aliphatic rings. The van der Waals surface area contributed by atoms with Crippen LogP contribution in [-0.4, -0.2) is 162 Å². The number of hydrogen-bond donors (Lipinski definition) is 0. The van der Waals surface area contributed by atoms with Gasteiger partial charge in [-0.25, -0.2) is 0 Å². The molecule has 8 rings (SSSR count). The van der Waals surface area contributed by atoms with Crippen LogP contribution in [0.5, 0.6) is 0 Å². The van der Waals surface area contributed by atoms with Crippen molar-refractivity contribution in [2.75, 3.05) is 78.5 Å². The van der Waals surface area contributed by atoms with E-state index in [2.05, 4.69) is 485 Å². The molecule has 0 N–H and O–H groups in total. The van der Waals surface area contributed by atoms with E-state index >= 15 is 0 Å². The van der Waals surface area contributed by atoms with Crippen LogP contribution in [0.4, 0.5) is 0 Å². The summed E-state index contributed by atoms with van der Waals surface area (Å²) in [6.07, 6.45) is 44.7. The van der Waals surface area contributed by atoms with Gasteiger partial charge in [0.1, 0.15) is 0 Å². The lowest BCUT2D eigenvalue weighted by Crippen LogP contribution is -2.47. The molecular weight excluding hydrogens is 1410 g/mol. The highest BCUT2D eigenvalue weighted by molar-refractivity contribution is 5.28. The molecule has 0 aliphatic carbocycles. The molecule has 2 fully saturated rings. The lowest BCUT2D eigenvalue weighted by molar-refractivity contribution is 0.0532. The lowest BCUT2D eigenvalue weighted by atomic mass is 9.75. The fourth-order valence-corrected chi connectivity index (χ4v) is 12.9. The maximum Gasteiger partial charge on any atom is 0.0365 e. The summed E-state index contributed by atoms with van der Waals surface area (Å²) in [5.41, 5.74) is 9.16. The van der Waals surface area contributed by atoms with Gasteiger partial charge in [0.05, 0.1) is 0 Å². The van der Waals surface area contributed by atoms with Gasteiger partial charge < -0.3 is 19.6 Å². The van der Waals surface area contributed by atoms with Crippen molar-refractivity contribution >= 4 is 0 Å². The van der Waals surface area contributed by atoms with Gasteiger partial charge in [0.25, 0.3) is 0 Å². The zero-order valence-electron chi connectivity index (χ0n) is 89.4. The third-order valence-electron chi connectivity index (χ3n) is 20.5. The standard InChI is InChI=1S/C13H27N.2C13H25N.C13H23N.C9H19N.2C9H17N.C9H15N.4C5H12/c4*1-12(2,3)11-7-9-14(10-8-11)13(4,5)6;4*1-9(2,3)10-7-5-4-6-8-10;4*1-5(2,3)4/h11H,7-10H2,1-6H3;7H,8-10H2,1-6H3;7,9,11H,8,10H2,1-6H3;7-9H,10H2,1-6H3;4-8H2,1-3H3;5,7H,4,6,8H2,1-3H3;4-5H,6-8H2,1-3H3;4-7H,8H2,1-3H3;4*1-4H3. The largest absolute Gasteiger partial charge is 0.373 e. The molecule has 8 heterocycles. The van der Waals surface area contributed by atoms with Crippen molar-refractivity contribution in [2.45, 2.75) is 469 Å². The van der Waals surface area contributed by atoms with Gasteiger partial charge in [-0.2, -0.15) is 0 Å². The normalized spacial score (nSPS) is 19.6. The van der Waals surface area contributed by atoms with Crippen LogP contribution in [-0.2, 0) is 0 Å². The highest BCUT2D eigenvalue weighted by Crippen LogP contribution is 2.38. The Kier molecular flexibility index (Phi) is 52.1. The van der Waals surface area contributed by atoms with Crippen LogP contribution in [0.1, 0.15) is 424 Å². The van der Waals surface area contributed by atoms with E-state index < -0.39 is 0 Å².